The number of nitrogens with one attached hydrogen (secondary N) is 1. The van der Waals surface area contributed by atoms with Gasteiger partial charge in [0.05, 0.1) is 27.8 Å². The summed E-state index contributed by atoms with van der Waals surface area (Å²) in [5, 5.41) is 2.75. The first-order valence-electron chi connectivity index (χ1n) is 12.3. The number of hydrogen-bond acceptors (Lipinski definition) is 4. The third kappa shape index (κ3) is 6.41. The Hall–Kier alpha value is -3.47. The summed E-state index contributed by atoms with van der Waals surface area (Å²) in [4.78, 5) is 14.7. The van der Waals surface area contributed by atoms with E-state index in [4.69, 9.17) is 0 Å². The van der Waals surface area contributed by atoms with Crippen molar-refractivity contribution in [3.8, 4) is 0 Å². The number of para-hydroxylation sites is 1. The quantitative estimate of drug-likeness (QED) is 0.337. The maximum absolute atomic E-state index is 14.1. The van der Waals surface area contributed by atoms with Gasteiger partial charge in [0.2, 0.25) is 0 Å². The smallest absolute Gasteiger partial charge is 0.362 e. The number of hydrogen-bond donors (Lipinski definition) is 1. The van der Waals surface area contributed by atoms with Gasteiger partial charge in [-0.1, -0.05) is 43.3 Å². The Kier molecular flexibility index (Phi) is 8.29. The van der Waals surface area contributed by atoms with Crippen LogP contribution in [0.5, 0.6) is 0 Å². The normalized spacial score (nSPS) is 18.0. The van der Waals surface area contributed by atoms with E-state index in [0.717, 1.165) is 12.1 Å². The van der Waals surface area contributed by atoms with Crippen LogP contribution in [0.4, 0.5) is 27.6 Å². The number of carbonyl (C=O) groups is 1. The molecule has 1 aliphatic heterocycles. The summed E-state index contributed by atoms with van der Waals surface area (Å²) in [6.07, 6.45) is -7.21. The molecule has 1 heterocycles. The molecule has 0 aromatic heterocycles. The highest BCUT2D eigenvalue weighted by molar-refractivity contribution is 7.91. The molecule has 3 aromatic carbocycles. The Morgan fingerprint density at radius 3 is 2.23 bits per heavy atom. The number of alkyl halides is 5. The van der Waals surface area contributed by atoms with Gasteiger partial charge in [-0.3, -0.25) is 4.79 Å². The molecule has 1 amide bonds. The summed E-state index contributed by atoms with van der Waals surface area (Å²) in [5.74, 6) is -0.974. The van der Waals surface area contributed by atoms with Crippen LogP contribution >= 0.6 is 0 Å². The Balaban J connectivity index is 1.52. The number of anilines is 1. The van der Waals surface area contributed by atoms with Gasteiger partial charge in [0, 0.05) is 24.7 Å². The van der Waals surface area contributed by atoms with Gasteiger partial charge >= 0.3 is 6.18 Å². The molecule has 1 N–H and O–H groups in total. The van der Waals surface area contributed by atoms with Gasteiger partial charge in [-0.25, -0.2) is 17.2 Å². The number of carbonyl (C=O) groups excluding carboxylic acids is 1. The lowest BCUT2D eigenvalue weighted by Gasteiger charge is -2.28. The van der Waals surface area contributed by atoms with Crippen molar-refractivity contribution in [1.82, 2.24) is 5.32 Å². The van der Waals surface area contributed by atoms with Crippen molar-refractivity contribution < 1.29 is 35.2 Å². The number of benzene rings is 3. The zero-order valence-electron chi connectivity index (χ0n) is 21.0. The number of halogens is 5. The van der Waals surface area contributed by atoms with Crippen LogP contribution in [-0.4, -0.2) is 39.1 Å². The van der Waals surface area contributed by atoms with Gasteiger partial charge in [-0.05, 0) is 53.9 Å². The van der Waals surface area contributed by atoms with Crippen LogP contribution in [0.3, 0.4) is 0 Å². The lowest BCUT2D eigenvalue weighted by molar-refractivity contribution is -0.137. The van der Waals surface area contributed by atoms with Crippen molar-refractivity contribution in [3.05, 3.63) is 95.1 Å². The van der Waals surface area contributed by atoms with Gasteiger partial charge in [0.25, 0.3) is 12.3 Å². The molecule has 39 heavy (non-hydrogen) atoms. The Morgan fingerprint density at radius 1 is 1.00 bits per heavy atom. The minimum absolute atomic E-state index is 0.0198. The Morgan fingerprint density at radius 2 is 1.64 bits per heavy atom. The molecular formula is C28H27F5N2O3S. The first-order chi connectivity index (χ1) is 18.4. The summed E-state index contributed by atoms with van der Waals surface area (Å²) in [7, 11) is -3.35. The van der Waals surface area contributed by atoms with Crippen molar-refractivity contribution in [3.63, 3.8) is 0 Å². The third-order valence-electron chi connectivity index (χ3n) is 6.92. The van der Waals surface area contributed by atoms with Gasteiger partial charge in [0.15, 0.2) is 9.84 Å². The lowest BCUT2D eigenvalue weighted by atomic mass is 9.95. The molecule has 0 saturated carbocycles. The number of nitrogens with zero attached hydrogens (tertiary/aromatic N) is 1. The monoisotopic (exact) mass is 566 g/mol. The van der Waals surface area contributed by atoms with E-state index in [1.165, 1.54) is 35.2 Å². The first kappa shape index (κ1) is 28.5. The van der Waals surface area contributed by atoms with Gasteiger partial charge in [0.1, 0.15) is 0 Å². The second-order valence-corrected chi connectivity index (χ2v) is 11.6. The van der Waals surface area contributed by atoms with Crippen molar-refractivity contribution in [1.29, 1.82) is 0 Å². The molecule has 1 aliphatic rings. The van der Waals surface area contributed by atoms with Crippen LogP contribution in [0.25, 0.3) is 0 Å². The molecule has 1 fully saturated rings. The largest absolute Gasteiger partial charge is 0.416 e. The predicted molar refractivity (Wildman–Crippen MR) is 138 cm³/mol. The van der Waals surface area contributed by atoms with E-state index in [0.29, 0.717) is 16.8 Å². The SMILES string of the molecule is CCS(=O)(=O)c1ccc(CNC(=O)c2ccccc2N2CC(c3ccc(C(F)(F)F)cc3)C[C@H]2C(F)F)cc1. The zero-order valence-corrected chi connectivity index (χ0v) is 21.8. The molecule has 1 saturated heterocycles. The summed E-state index contributed by atoms with van der Waals surface area (Å²) < 4.78 is 91.0. The zero-order chi connectivity index (χ0) is 28.4. The fraction of sp³-hybridized carbons (Fsp3) is 0.321. The minimum Gasteiger partial charge on any atom is -0.362 e. The van der Waals surface area contributed by atoms with Crippen LogP contribution in [0.1, 0.15) is 46.3 Å². The predicted octanol–water partition coefficient (Wildman–Crippen LogP) is 6.06. The minimum atomic E-state index is -4.49. The van der Waals surface area contributed by atoms with Gasteiger partial charge in [-0.15, -0.1) is 0 Å². The van der Waals surface area contributed by atoms with E-state index in [1.807, 2.05) is 0 Å². The Labute approximate surface area is 223 Å². The summed E-state index contributed by atoms with van der Waals surface area (Å²) >= 11 is 0. The van der Waals surface area contributed by atoms with Crippen LogP contribution in [0.2, 0.25) is 0 Å². The highest BCUT2D eigenvalue weighted by atomic mass is 32.2. The molecular weight excluding hydrogens is 539 g/mol. The highest BCUT2D eigenvalue weighted by Crippen LogP contribution is 2.40. The molecule has 1 unspecified atom stereocenters. The molecule has 3 aromatic rings. The third-order valence-corrected chi connectivity index (χ3v) is 8.67. The fourth-order valence-corrected chi connectivity index (χ4v) is 5.63. The van der Waals surface area contributed by atoms with E-state index < -0.39 is 45.9 Å². The van der Waals surface area contributed by atoms with Crippen molar-refractivity contribution in [2.24, 2.45) is 0 Å². The summed E-state index contributed by atoms with van der Waals surface area (Å²) in [6.45, 7) is 1.75. The van der Waals surface area contributed by atoms with Crippen molar-refractivity contribution in [2.75, 3.05) is 17.2 Å². The molecule has 0 radical (unpaired) electrons. The van der Waals surface area contributed by atoms with Gasteiger partial charge in [-0.2, -0.15) is 13.2 Å². The van der Waals surface area contributed by atoms with Crippen LogP contribution in [0.15, 0.2) is 77.7 Å². The van der Waals surface area contributed by atoms with E-state index in [1.54, 1.807) is 37.3 Å². The average Bonchev–Trinajstić information content (AvgIpc) is 3.37. The molecule has 0 bridgehead atoms. The fourth-order valence-electron chi connectivity index (χ4n) is 4.74. The second-order valence-electron chi connectivity index (χ2n) is 9.35. The van der Waals surface area contributed by atoms with Crippen LogP contribution in [-0.2, 0) is 22.6 Å². The van der Waals surface area contributed by atoms with E-state index in [2.05, 4.69) is 5.32 Å². The van der Waals surface area contributed by atoms with Crippen LogP contribution in [0, 0.1) is 0 Å². The van der Waals surface area contributed by atoms with E-state index in [-0.39, 0.29) is 35.7 Å². The molecule has 208 valence electrons. The molecule has 4 rings (SSSR count). The number of amides is 1. The standard InChI is InChI=1S/C28H27F5N2O3S/c1-2-39(37,38)22-13-7-18(8-14-22)16-34-27(36)23-5-3-4-6-24(23)35-17-20(15-25(35)26(29)30)19-9-11-21(12-10-19)28(31,32)33/h3-14,20,25-26H,2,15-17H2,1H3,(H,34,36)/t20?,25-/m0/s1. The summed E-state index contributed by atoms with van der Waals surface area (Å²) in [5.41, 5.74) is 0.854. The topological polar surface area (TPSA) is 66.5 Å². The van der Waals surface area contributed by atoms with E-state index >= 15 is 0 Å². The van der Waals surface area contributed by atoms with Crippen LogP contribution < -0.4 is 10.2 Å². The lowest BCUT2D eigenvalue weighted by Crippen LogP contribution is -2.36. The molecule has 2 atom stereocenters. The van der Waals surface area contributed by atoms with E-state index in [9.17, 15) is 35.2 Å². The number of sulfone groups is 1. The van der Waals surface area contributed by atoms with Crippen molar-refractivity contribution >= 4 is 21.4 Å². The molecule has 5 nitrogen and oxygen atoms in total. The Bertz CT molecular complexity index is 1410. The highest BCUT2D eigenvalue weighted by Gasteiger charge is 2.40. The average molecular weight is 567 g/mol. The maximum atomic E-state index is 14.1. The first-order valence-corrected chi connectivity index (χ1v) is 14.0. The summed E-state index contributed by atoms with van der Waals surface area (Å²) in [6, 6.07) is 15.8. The molecule has 0 aliphatic carbocycles. The second kappa shape index (κ2) is 11.3. The maximum Gasteiger partial charge on any atom is 0.416 e. The number of rotatable bonds is 8. The van der Waals surface area contributed by atoms with Crippen molar-refractivity contribution in [2.45, 2.75) is 49.3 Å². The molecule has 11 heteroatoms. The van der Waals surface area contributed by atoms with Gasteiger partial charge < -0.3 is 10.2 Å². The molecule has 0 spiro atoms.